The summed E-state index contributed by atoms with van der Waals surface area (Å²) in [6.07, 6.45) is 2.57. The van der Waals surface area contributed by atoms with Crippen molar-refractivity contribution in [1.29, 1.82) is 0 Å². The van der Waals surface area contributed by atoms with Crippen LogP contribution in [-0.4, -0.2) is 19.9 Å². The number of nitrogens with one attached hydrogen (secondary N) is 2. The minimum absolute atomic E-state index is 0.281. The number of sulfonamides is 1. The third-order valence-corrected chi connectivity index (χ3v) is 6.46. The second-order valence-electron chi connectivity index (χ2n) is 6.85. The Kier molecular flexibility index (Phi) is 5.03. The van der Waals surface area contributed by atoms with Crippen LogP contribution in [0.1, 0.15) is 11.1 Å². The molecule has 1 heterocycles. The fraction of sp³-hybridized carbons (Fsp3) is 0.130. The summed E-state index contributed by atoms with van der Waals surface area (Å²) in [4.78, 5) is 3.50. The molecule has 4 nitrogen and oxygen atoms in total. The average Bonchev–Trinajstić information content (AvgIpc) is 3.12. The third-order valence-electron chi connectivity index (χ3n) is 4.98. The highest BCUT2D eigenvalue weighted by atomic mass is 32.2. The van der Waals surface area contributed by atoms with Crippen molar-refractivity contribution in [2.45, 2.75) is 18.2 Å². The van der Waals surface area contributed by atoms with Crippen molar-refractivity contribution in [3.63, 3.8) is 0 Å². The number of aromatic amines is 1. The largest absolute Gasteiger partial charge is 0.361 e. The van der Waals surface area contributed by atoms with Crippen molar-refractivity contribution < 1.29 is 8.42 Å². The zero-order valence-corrected chi connectivity index (χ0v) is 16.5. The van der Waals surface area contributed by atoms with Gasteiger partial charge in [0.05, 0.1) is 4.90 Å². The maximum Gasteiger partial charge on any atom is 0.240 e. The highest BCUT2D eigenvalue weighted by Gasteiger charge is 2.14. The first-order valence-electron chi connectivity index (χ1n) is 9.25. The summed E-state index contributed by atoms with van der Waals surface area (Å²) in [5, 5.41) is 1.13. The Morgan fingerprint density at radius 2 is 1.61 bits per heavy atom. The van der Waals surface area contributed by atoms with Crippen LogP contribution >= 0.6 is 0 Å². The number of H-pyrrole nitrogens is 1. The zero-order chi connectivity index (χ0) is 19.6. The van der Waals surface area contributed by atoms with Crippen LogP contribution in [0, 0.1) is 6.92 Å². The summed E-state index contributed by atoms with van der Waals surface area (Å²) in [5.41, 5.74) is 5.45. The van der Waals surface area contributed by atoms with Gasteiger partial charge in [0.2, 0.25) is 10.0 Å². The molecule has 0 bridgehead atoms. The van der Waals surface area contributed by atoms with E-state index >= 15 is 0 Å². The number of para-hydroxylation sites is 1. The van der Waals surface area contributed by atoms with Gasteiger partial charge in [-0.25, -0.2) is 13.1 Å². The molecule has 4 rings (SSSR count). The highest BCUT2D eigenvalue weighted by molar-refractivity contribution is 7.89. The monoisotopic (exact) mass is 390 g/mol. The molecule has 28 heavy (non-hydrogen) atoms. The predicted molar refractivity (Wildman–Crippen MR) is 114 cm³/mol. The molecular weight excluding hydrogens is 368 g/mol. The van der Waals surface area contributed by atoms with Crippen molar-refractivity contribution in [1.82, 2.24) is 9.71 Å². The van der Waals surface area contributed by atoms with Gasteiger partial charge in [-0.3, -0.25) is 0 Å². The predicted octanol–water partition coefficient (Wildman–Crippen LogP) is 4.66. The van der Waals surface area contributed by atoms with E-state index in [2.05, 4.69) is 9.71 Å². The number of aromatic nitrogens is 1. The van der Waals surface area contributed by atoms with Gasteiger partial charge < -0.3 is 4.98 Å². The molecule has 0 amide bonds. The fourth-order valence-corrected chi connectivity index (χ4v) is 4.48. The molecular formula is C23H22N2O2S. The molecule has 2 N–H and O–H groups in total. The zero-order valence-electron chi connectivity index (χ0n) is 15.6. The first-order chi connectivity index (χ1) is 13.5. The van der Waals surface area contributed by atoms with Crippen molar-refractivity contribution >= 4 is 20.9 Å². The number of rotatable bonds is 6. The maximum atomic E-state index is 12.6. The van der Waals surface area contributed by atoms with E-state index < -0.39 is 10.0 Å². The van der Waals surface area contributed by atoms with Gasteiger partial charge in [0, 0.05) is 23.6 Å². The SMILES string of the molecule is Cc1ccccc1-c1ccc(S(=O)(=O)NCCc2c[nH]c3ccccc23)cc1. The van der Waals surface area contributed by atoms with Gasteiger partial charge >= 0.3 is 0 Å². The minimum atomic E-state index is -3.54. The summed E-state index contributed by atoms with van der Waals surface area (Å²) in [5.74, 6) is 0. The van der Waals surface area contributed by atoms with Crippen molar-refractivity contribution in [2.75, 3.05) is 6.54 Å². The number of fused-ring (bicyclic) bond motifs is 1. The molecule has 5 heteroatoms. The fourth-order valence-electron chi connectivity index (χ4n) is 3.45. The van der Waals surface area contributed by atoms with Crippen LogP contribution in [0.2, 0.25) is 0 Å². The Balaban J connectivity index is 1.45. The third kappa shape index (κ3) is 3.72. The lowest BCUT2D eigenvalue weighted by atomic mass is 10.0. The van der Waals surface area contributed by atoms with Gasteiger partial charge in [0.25, 0.3) is 0 Å². The Hall–Kier alpha value is -2.89. The van der Waals surface area contributed by atoms with E-state index in [9.17, 15) is 8.42 Å². The molecule has 0 spiro atoms. The molecule has 0 aliphatic heterocycles. The van der Waals surface area contributed by atoms with E-state index in [1.54, 1.807) is 12.1 Å². The molecule has 4 aromatic rings. The molecule has 0 fully saturated rings. The van der Waals surface area contributed by atoms with Crippen molar-refractivity contribution in [2.24, 2.45) is 0 Å². The van der Waals surface area contributed by atoms with E-state index in [1.807, 2.05) is 73.8 Å². The Labute approximate surface area is 165 Å². The minimum Gasteiger partial charge on any atom is -0.361 e. The summed E-state index contributed by atoms with van der Waals surface area (Å²) < 4.78 is 27.9. The van der Waals surface area contributed by atoms with Crippen molar-refractivity contribution in [3.05, 3.63) is 90.1 Å². The second-order valence-corrected chi connectivity index (χ2v) is 8.61. The van der Waals surface area contributed by atoms with Crippen molar-refractivity contribution in [3.8, 4) is 11.1 Å². The lowest BCUT2D eigenvalue weighted by molar-refractivity contribution is 0.582. The number of benzene rings is 3. The van der Waals surface area contributed by atoms with E-state index in [0.717, 1.165) is 33.2 Å². The molecule has 142 valence electrons. The Morgan fingerprint density at radius 3 is 2.39 bits per heavy atom. The number of hydrogen-bond donors (Lipinski definition) is 2. The van der Waals surface area contributed by atoms with Crippen LogP contribution in [0.25, 0.3) is 22.0 Å². The molecule has 1 aromatic heterocycles. The van der Waals surface area contributed by atoms with Crippen LogP contribution in [-0.2, 0) is 16.4 Å². The lowest BCUT2D eigenvalue weighted by Gasteiger charge is -2.09. The molecule has 3 aromatic carbocycles. The Morgan fingerprint density at radius 1 is 0.893 bits per heavy atom. The summed E-state index contributed by atoms with van der Waals surface area (Å²) in [6.45, 7) is 2.40. The van der Waals surface area contributed by atoms with Gasteiger partial charge in [-0.05, 0) is 53.8 Å². The normalized spacial score (nSPS) is 11.8. The molecule has 0 unspecified atom stereocenters. The molecule has 0 atom stereocenters. The second kappa shape index (κ2) is 7.62. The topological polar surface area (TPSA) is 62.0 Å². The van der Waals surface area contributed by atoms with E-state index in [0.29, 0.717) is 13.0 Å². The molecule has 0 saturated heterocycles. The van der Waals surface area contributed by atoms with Crippen LogP contribution in [0.4, 0.5) is 0 Å². The average molecular weight is 391 g/mol. The Bertz CT molecular complexity index is 1210. The molecule has 0 aliphatic carbocycles. The molecule has 0 aliphatic rings. The highest BCUT2D eigenvalue weighted by Crippen LogP contribution is 2.24. The smallest absolute Gasteiger partial charge is 0.240 e. The maximum absolute atomic E-state index is 12.6. The van der Waals surface area contributed by atoms with E-state index in [4.69, 9.17) is 0 Å². The van der Waals surface area contributed by atoms with Gasteiger partial charge in [-0.1, -0.05) is 54.6 Å². The quantitative estimate of drug-likeness (QED) is 0.503. The van der Waals surface area contributed by atoms with E-state index in [-0.39, 0.29) is 4.90 Å². The standard InChI is InChI=1S/C23H22N2O2S/c1-17-6-2-3-7-21(17)18-10-12-20(13-11-18)28(26,27)25-15-14-19-16-24-23-9-5-4-8-22(19)23/h2-13,16,24-25H,14-15H2,1H3. The molecule has 0 saturated carbocycles. The molecule has 0 radical (unpaired) electrons. The summed E-state index contributed by atoms with van der Waals surface area (Å²) in [7, 11) is -3.54. The van der Waals surface area contributed by atoms with E-state index in [1.165, 1.54) is 0 Å². The first kappa shape index (κ1) is 18.5. The lowest BCUT2D eigenvalue weighted by Crippen LogP contribution is -2.25. The van der Waals surface area contributed by atoms with Crippen LogP contribution in [0.3, 0.4) is 0 Å². The summed E-state index contributed by atoms with van der Waals surface area (Å²) in [6, 6.07) is 23.1. The summed E-state index contributed by atoms with van der Waals surface area (Å²) >= 11 is 0. The van der Waals surface area contributed by atoms with Gasteiger partial charge in [-0.15, -0.1) is 0 Å². The van der Waals surface area contributed by atoms with Gasteiger partial charge in [0.15, 0.2) is 0 Å². The van der Waals surface area contributed by atoms with Gasteiger partial charge in [-0.2, -0.15) is 0 Å². The van der Waals surface area contributed by atoms with Crippen LogP contribution in [0.15, 0.2) is 83.9 Å². The number of aryl methyl sites for hydroxylation is 1. The first-order valence-corrected chi connectivity index (χ1v) is 10.7. The van der Waals surface area contributed by atoms with Crippen LogP contribution < -0.4 is 4.72 Å². The van der Waals surface area contributed by atoms with Crippen LogP contribution in [0.5, 0.6) is 0 Å². The number of hydrogen-bond acceptors (Lipinski definition) is 2. The van der Waals surface area contributed by atoms with Gasteiger partial charge in [0.1, 0.15) is 0 Å².